The van der Waals surface area contributed by atoms with E-state index in [1.54, 1.807) is 12.3 Å². The van der Waals surface area contributed by atoms with Crippen LogP contribution >= 0.6 is 0 Å². The smallest absolute Gasteiger partial charge is 0.0841 e. The van der Waals surface area contributed by atoms with Gasteiger partial charge in [0, 0.05) is 36.4 Å². The van der Waals surface area contributed by atoms with Gasteiger partial charge >= 0.3 is 0 Å². The highest BCUT2D eigenvalue weighted by molar-refractivity contribution is 6.30. The van der Waals surface area contributed by atoms with Crippen LogP contribution in [0.5, 0.6) is 0 Å². The third kappa shape index (κ3) is 5.34. The molecule has 0 aliphatic rings. The van der Waals surface area contributed by atoms with Gasteiger partial charge in [-0.15, -0.1) is 0 Å². The number of hydrazone groups is 1. The molecule has 2 aromatic rings. The summed E-state index contributed by atoms with van der Waals surface area (Å²) in [5.74, 6) is 0. The molecular weight excluding hydrogens is 326 g/mol. The molecule has 0 radical (unpaired) electrons. The van der Waals surface area contributed by atoms with Crippen LogP contribution in [0.15, 0.2) is 41.6 Å². The van der Waals surface area contributed by atoms with E-state index in [1.165, 1.54) is 12.4 Å². The lowest BCUT2D eigenvalue weighted by Gasteiger charge is -2.09. The molecule has 2 heterocycles. The predicted octanol–water partition coefficient (Wildman–Crippen LogP) is 3.64. The summed E-state index contributed by atoms with van der Waals surface area (Å²) in [7, 11) is 0. The first kappa shape index (κ1) is 19.0. The molecule has 0 spiro atoms. The van der Waals surface area contributed by atoms with E-state index < -0.39 is 0 Å². The summed E-state index contributed by atoms with van der Waals surface area (Å²) in [6.45, 7) is 5.76. The maximum atomic E-state index is 7.59. The molecule has 0 unspecified atom stereocenters. The molecule has 4 N–H and O–H groups in total. The quantitative estimate of drug-likeness (QED) is 0.431. The first-order valence-electron chi connectivity index (χ1n) is 8.19. The Kier molecular flexibility index (Phi) is 6.73. The van der Waals surface area contributed by atoms with E-state index in [-0.39, 0.29) is 0 Å². The topological polar surface area (TPSA) is 110 Å². The molecule has 0 bridgehead atoms. The second-order valence-electron chi connectivity index (χ2n) is 5.73. The van der Waals surface area contributed by atoms with Gasteiger partial charge in [0.1, 0.15) is 0 Å². The maximum absolute atomic E-state index is 7.59. The van der Waals surface area contributed by atoms with E-state index in [1.807, 2.05) is 45.0 Å². The zero-order chi connectivity index (χ0) is 18.9. The minimum atomic E-state index is 0.451. The van der Waals surface area contributed by atoms with Gasteiger partial charge in [0.15, 0.2) is 0 Å². The summed E-state index contributed by atoms with van der Waals surface area (Å²) in [6, 6.07) is 7.66. The van der Waals surface area contributed by atoms with E-state index in [9.17, 15) is 0 Å². The SMILES string of the molecule is Cc1ccc(N/N=C(/C=N)Cc2ccc(N/C=C\C=N)c(C)n2)c(C)n1. The van der Waals surface area contributed by atoms with E-state index in [4.69, 9.17) is 10.8 Å². The number of nitrogens with one attached hydrogen (secondary N) is 4. The minimum Gasteiger partial charge on any atom is -0.360 e. The van der Waals surface area contributed by atoms with Crippen molar-refractivity contribution in [3.63, 3.8) is 0 Å². The van der Waals surface area contributed by atoms with Crippen LogP contribution in [-0.4, -0.2) is 28.1 Å². The first-order valence-corrected chi connectivity index (χ1v) is 8.19. The van der Waals surface area contributed by atoms with Crippen molar-refractivity contribution in [2.75, 3.05) is 10.7 Å². The molecule has 0 aliphatic heterocycles. The number of pyridine rings is 2. The Hall–Kier alpha value is -3.35. The molecule has 26 heavy (non-hydrogen) atoms. The standard InChI is InChI=1S/C19H23N7/c1-13-5-7-19(15(3)23-13)26-25-17(12-21)11-16-6-8-18(14(2)24-16)22-10-4-9-20/h4-10,12,20-22,26H,11H2,1-3H3/b10-4-,20-9?,21-12?,25-17+. The fourth-order valence-electron chi connectivity index (χ4n) is 2.30. The van der Waals surface area contributed by atoms with Crippen LogP contribution in [0.2, 0.25) is 0 Å². The molecule has 0 amide bonds. The molecule has 0 saturated heterocycles. The van der Waals surface area contributed by atoms with Crippen molar-refractivity contribution in [2.24, 2.45) is 5.10 Å². The molecule has 0 saturated carbocycles. The number of aromatic nitrogens is 2. The molecule has 7 heteroatoms. The van der Waals surface area contributed by atoms with Gasteiger partial charge < -0.3 is 16.1 Å². The van der Waals surface area contributed by atoms with Crippen LogP contribution in [-0.2, 0) is 6.42 Å². The lowest BCUT2D eigenvalue weighted by molar-refractivity contribution is 1.08. The van der Waals surface area contributed by atoms with Crippen LogP contribution in [0.4, 0.5) is 11.4 Å². The highest BCUT2D eigenvalue weighted by Gasteiger charge is 2.05. The van der Waals surface area contributed by atoms with Crippen molar-refractivity contribution in [3.05, 3.63) is 59.3 Å². The minimum absolute atomic E-state index is 0.451. The molecule has 0 aromatic carbocycles. The van der Waals surface area contributed by atoms with Crippen LogP contribution < -0.4 is 10.7 Å². The number of nitrogens with zero attached hydrogens (tertiary/aromatic N) is 3. The number of hydrogen-bond acceptors (Lipinski definition) is 7. The number of allylic oxidation sites excluding steroid dienone is 1. The molecule has 0 fully saturated rings. The zero-order valence-corrected chi connectivity index (χ0v) is 15.2. The van der Waals surface area contributed by atoms with Crippen molar-refractivity contribution >= 4 is 29.5 Å². The van der Waals surface area contributed by atoms with Gasteiger partial charge in [-0.2, -0.15) is 5.10 Å². The Morgan fingerprint density at radius 3 is 2.42 bits per heavy atom. The number of aryl methyl sites for hydroxylation is 3. The van der Waals surface area contributed by atoms with Crippen LogP contribution in [0, 0.1) is 31.6 Å². The molecule has 0 atom stereocenters. The Morgan fingerprint density at radius 1 is 1.04 bits per heavy atom. The lowest BCUT2D eigenvalue weighted by atomic mass is 10.2. The van der Waals surface area contributed by atoms with Gasteiger partial charge in [0.25, 0.3) is 0 Å². The van der Waals surface area contributed by atoms with Crippen molar-refractivity contribution in [1.29, 1.82) is 10.8 Å². The van der Waals surface area contributed by atoms with Crippen molar-refractivity contribution < 1.29 is 0 Å². The third-order valence-corrected chi connectivity index (χ3v) is 3.65. The van der Waals surface area contributed by atoms with Gasteiger partial charge in [-0.25, -0.2) is 0 Å². The van der Waals surface area contributed by atoms with E-state index in [0.717, 1.165) is 34.2 Å². The van der Waals surface area contributed by atoms with Gasteiger partial charge in [-0.05, 0) is 51.1 Å². The average molecular weight is 349 g/mol. The Morgan fingerprint density at radius 2 is 1.77 bits per heavy atom. The van der Waals surface area contributed by atoms with Gasteiger partial charge in [-0.3, -0.25) is 15.4 Å². The van der Waals surface area contributed by atoms with E-state index in [2.05, 4.69) is 25.8 Å². The van der Waals surface area contributed by atoms with Crippen molar-refractivity contribution in [1.82, 2.24) is 9.97 Å². The molecule has 0 aliphatic carbocycles. The lowest BCUT2D eigenvalue weighted by Crippen LogP contribution is -2.10. The number of hydrogen-bond donors (Lipinski definition) is 4. The summed E-state index contributed by atoms with van der Waals surface area (Å²) in [4.78, 5) is 8.93. The molecule has 7 nitrogen and oxygen atoms in total. The molecule has 2 rings (SSSR count). The Balaban J connectivity index is 2.09. The summed E-state index contributed by atoms with van der Waals surface area (Å²) < 4.78 is 0. The monoisotopic (exact) mass is 349 g/mol. The van der Waals surface area contributed by atoms with Crippen LogP contribution in [0.1, 0.15) is 22.8 Å². The normalized spacial score (nSPS) is 11.4. The largest absolute Gasteiger partial charge is 0.360 e. The third-order valence-electron chi connectivity index (χ3n) is 3.65. The Labute approximate surface area is 153 Å². The van der Waals surface area contributed by atoms with Crippen molar-refractivity contribution in [2.45, 2.75) is 27.2 Å². The fourth-order valence-corrected chi connectivity index (χ4v) is 2.30. The second-order valence-corrected chi connectivity index (χ2v) is 5.73. The molecular formula is C19H23N7. The summed E-state index contributed by atoms with van der Waals surface area (Å²) >= 11 is 0. The first-order chi connectivity index (χ1) is 12.5. The summed E-state index contributed by atoms with van der Waals surface area (Å²) in [5, 5.41) is 21.9. The fraction of sp³-hybridized carbons (Fsp3) is 0.211. The zero-order valence-electron chi connectivity index (χ0n) is 15.2. The van der Waals surface area contributed by atoms with Gasteiger partial charge in [-0.1, -0.05) is 0 Å². The molecule has 134 valence electrons. The predicted molar refractivity (Wildman–Crippen MR) is 108 cm³/mol. The number of rotatable bonds is 8. The van der Waals surface area contributed by atoms with E-state index >= 15 is 0 Å². The second kappa shape index (κ2) is 9.22. The highest BCUT2D eigenvalue weighted by Crippen LogP contribution is 2.14. The number of anilines is 2. The summed E-state index contributed by atoms with van der Waals surface area (Å²) in [6.07, 6.45) is 6.16. The molecule has 2 aromatic heterocycles. The highest BCUT2D eigenvalue weighted by atomic mass is 15.3. The van der Waals surface area contributed by atoms with Crippen LogP contribution in [0.25, 0.3) is 0 Å². The van der Waals surface area contributed by atoms with Crippen LogP contribution in [0.3, 0.4) is 0 Å². The van der Waals surface area contributed by atoms with Gasteiger partial charge in [0.05, 0.1) is 28.5 Å². The van der Waals surface area contributed by atoms with Crippen molar-refractivity contribution in [3.8, 4) is 0 Å². The van der Waals surface area contributed by atoms with Gasteiger partial charge in [0.2, 0.25) is 0 Å². The Bertz CT molecular complexity index is 853. The average Bonchev–Trinajstić information content (AvgIpc) is 2.61. The van der Waals surface area contributed by atoms with E-state index in [0.29, 0.717) is 12.1 Å². The summed E-state index contributed by atoms with van der Waals surface area (Å²) in [5.41, 5.74) is 8.72. The maximum Gasteiger partial charge on any atom is 0.0841 e.